The van der Waals surface area contributed by atoms with E-state index in [0.717, 1.165) is 6.42 Å². The van der Waals surface area contributed by atoms with Gasteiger partial charge in [0.05, 0.1) is 11.5 Å². The van der Waals surface area contributed by atoms with E-state index in [0.29, 0.717) is 48.9 Å². The fourth-order valence-corrected chi connectivity index (χ4v) is 5.01. The summed E-state index contributed by atoms with van der Waals surface area (Å²) >= 11 is 0. The number of aliphatic hydroxyl groups is 1. The molecule has 1 amide bonds. The molecule has 10 heteroatoms. The zero-order valence-corrected chi connectivity index (χ0v) is 18.3. The number of anilines is 1. The second-order valence-corrected chi connectivity index (χ2v) is 9.30. The smallest absolute Gasteiger partial charge is 0.255 e. The third-order valence-corrected chi connectivity index (χ3v) is 7.41. The Morgan fingerprint density at radius 2 is 1.83 bits per heavy atom. The lowest BCUT2D eigenvalue weighted by atomic mass is 10.2. The van der Waals surface area contributed by atoms with Crippen molar-refractivity contribution in [2.75, 3.05) is 38.1 Å². The van der Waals surface area contributed by atoms with Crippen LogP contribution in [0.25, 0.3) is 0 Å². The molecule has 1 unspecified atom stereocenters. The van der Waals surface area contributed by atoms with Crippen LogP contribution in [0, 0.1) is 13.8 Å². The van der Waals surface area contributed by atoms with Gasteiger partial charge in [0, 0.05) is 37.8 Å². The highest BCUT2D eigenvalue weighted by atomic mass is 32.2. The van der Waals surface area contributed by atoms with Gasteiger partial charge >= 0.3 is 0 Å². The fourth-order valence-electron chi connectivity index (χ4n) is 3.59. The highest BCUT2D eigenvalue weighted by Crippen LogP contribution is 2.22. The number of hydrogen-bond donors (Lipinski definition) is 2. The van der Waals surface area contributed by atoms with Crippen LogP contribution in [-0.4, -0.2) is 72.6 Å². The Hall–Kier alpha value is -2.27. The van der Waals surface area contributed by atoms with Crippen molar-refractivity contribution in [2.24, 2.45) is 0 Å². The van der Waals surface area contributed by atoms with Gasteiger partial charge in [0.2, 0.25) is 10.0 Å². The zero-order valence-electron chi connectivity index (χ0n) is 17.5. The normalized spacial score (nSPS) is 17.1. The lowest BCUT2D eigenvalue weighted by molar-refractivity contribution is 0.0881. The molecular formula is C20H28N4O5S. The average molecular weight is 437 g/mol. The second kappa shape index (κ2) is 9.25. The summed E-state index contributed by atoms with van der Waals surface area (Å²) in [4.78, 5) is 14.7. The van der Waals surface area contributed by atoms with Crippen molar-refractivity contribution < 1.29 is 22.8 Å². The van der Waals surface area contributed by atoms with Gasteiger partial charge < -0.3 is 14.9 Å². The van der Waals surface area contributed by atoms with E-state index in [2.05, 4.69) is 15.4 Å². The maximum absolute atomic E-state index is 13.0. The minimum absolute atomic E-state index is 0.0605. The SMILES string of the molecule is CCC(CO)N1CCN(S(=O)(=O)c2ccc(C(=O)Nc3c(C)noc3C)cc2)CC1. The third-order valence-electron chi connectivity index (χ3n) is 5.50. The molecule has 1 aromatic heterocycles. The van der Waals surface area contributed by atoms with Crippen LogP contribution in [0.15, 0.2) is 33.7 Å². The van der Waals surface area contributed by atoms with E-state index < -0.39 is 10.0 Å². The van der Waals surface area contributed by atoms with E-state index in [1.807, 2.05) is 6.92 Å². The number of aromatic nitrogens is 1. The molecule has 0 spiro atoms. The number of hydrogen-bond acceptors (Lipinski definition) is 7. The Morgan fingerprint density at radius 3 is 2.33 bits per heavy atom. The monoisotopic (exact) mass is 436 g/mol. The van der Waals surface area contributed by atoms with Crippen molar-refractivity contribution in [1.82, 2.24) is 14.4 Å². The van der Waals surface area contributed by atoms with Crippen LogP contribution in [0.1, 0.15) is 35.2 Å². The lowest BCUT2D eigenvalue weighted by Gasteiger charge is -2.37. The molecule has 3 rings (SSSR count). The molecule has 9 nitrogen and oxygen atoms in total. The van der Waals surface area contributed by atoms with E-state index in [-0.39, 0.29) is 23.5 Å². The van der Waals surface area contributed by atoms with Crippen molar-refractivity contribution in [3.8, 4) is 0 Å². The number of piperazine rings is 1. The maximum atomic E-state index is 13.0. The first-order chi connectivity index (χ1) is 14.3. The average Bonchev–Trinajstić information content (AvgIpc) is 3.07. The van der Waals surface area contributed by atoms with Crippen molar-refractivity contribution in [3.05, 3.63) is 41.3 Å². The molecular weight excluding hydrogens is 408 g/mol. The van der Waals surface area contributed by atoms with Gasteiger partial charge in [-0.2, -0.15) is 4.31 Å². The molecule has 1 atom stereocenters. The van der Waals surface area contributed by atoms with Crippen molar-refractivity contribution in [2.45, 2.75) is 38.1 Å². The van der Waals surface area contributed by atoms with Crippen LogP contribution < -0.4 is 5.32 Å². The van der Waals surface area contributed by atoms with E-state index in [9.17, 15) is 18.3 Å². The first kappa shape index (κ1) is 22.4. The summed E-state index contributed by atoms with van der Waals surface area (Å²) in [5.41, 5.74) is 1.43. The number of rotatable bonds is 7. The van der Waals surface area contributed by atoms with E-state index in [1.165, 1.54) is 28.6 Å². The van der Waals surface area contributed by atoms with Gasteiger partial charge in [-0.15, -0.1) is 0 Å². The predicted octanol–water partition coefficient (Wildman–Crippen LogP) is 1.62. The summed E-state index contributed by atoms with van der Waals surface area (Å²) in [6.07, 6.45) is 0.820. The number of carbonyl (C=O) groups excluding carboxylic acids is 1. The summed E-state index contributed by atoms with van der Waals surface area (Å²) in [5, 5.41) is 16.0. The molecule has 2 N–H and O–H groups in total. The van der Waals surface area contributed by atoms with Gasteiger partial charge in [-0.3, -0.25) is 9.69 Å². The van der Waals surface area contributed by atoms with E-state index in [4.69, 9.17) is 4.52 Å². The van der Waals surface area contributed by atoms with Gasteiger partial charge in [0.15, 0.2) is 5.76 Å². The quantitative estimate of drug-likeness (QED) is 0.677. The number of nitrogens with zero attached hydrogens (tertiary/aromatic N) is 3. The zero-order chi connectivity index (χ0) is 21.9. The van der Waals surface area contributed by atoms with Crippen LogP contribution in [0.2, 0.25) is 0 Å². The Morgan fingerprint density at radius 1 is 1.20 bits per heavy atom. The molecule has 164 valence electrons. The number of sulfonamides is 1. The van der Waals surface area contributed by atoms with Gasteiger partial charge in [-0.05, 0) is 44.5 Å². The largest absolute Gasteiger partial charge is 0.395 e. The molecule has 30 heavy (non-hydrogen) atoms. The fraction of sp³-hybridized carbons (Fsp3) is 0.500. The number of carbonyl (C=O) groups is 1. The molecule has 1 saturated heterocycles. The van der Waals surface area contributed by atoms with Crippen LogP contribution in [0.5, 0.6) is 0 Å². The summed E-state index contributed by atoms with van der Waals surface area (Å²) in [6.45, 7) is 7.40. The van der Waals surface area contributed by atoms with Crippen LogP contribution in [0.4, 0.5) is 5.69 Å². The van der Waals surface area contributed by atoms with Crippen LogP contribution >= 0.6 is 0 Å². The summed E-state index contributed by atoms with van der Waals surface area (Å²) in [5.74, 6) is 0.141. The third kappa shape index (κ3) is 4.56. The van der Waals surface area contributed by atoms with Gasteiger partial charge in [0.25, 0.3) is 5.91 Å². The minimum Gasteiger partial charge on any atom is -0.395 e. The molecule has 1 aliphatic heterocycles. The maximum Gasteiger partial charge on any atom is 0.255 e. The second-order valence-electron chi connectivity index (χ2n) is 7.36. The first-order valence-corrected chi connectivity index (χ1v) is 11.4. The molecule has 0 saturated carbocycles. The molecule has 2 heterocycles. The lowest BCUT2D eigenvalue weighted by Crippen LogP contribution is -2.52. The summed E-state index contributed by atoms with van der Waals surface area (Å²) in [6, 6.07) is 5.95. The Kier molecular flexibility index (Phi) is 6.91. The van der Waals surface area contributed by atoms with Gasteiger partial charge in [-0.25, -0.2) is 8.42 Å². The topological polar surface area (TPSA) is 116 Å². The van der Waals surface area contributed by atoms with Crippen molar-refractivity contribution in [1.29, 1.82) is 0 Å². The van der Waals surface area contributed by atoms with E-state index >= 15 is 0 Å². The van der Waals surface area contributed by atoms with Crippen molar-refractivity contribution >= 4 is 21.6 Å². The predicted molar refractivity (Wildman–Crippen MR) is 112 cm³/mol. The van der Waals surface area contributed by atoms with Gasteiger partial charge in [-0.1, -0.05) is 12.1 Å². The molecule has 1 aromatic carbocycles. The summed E-state index contributed by atoms with van der Waals surface area (Å²) < 4.78 is 32.4. The minimum atomic E-state index is -3.64. The molecule has 0 bridgehead atoms. The number of amides is 1. The highest BCUT2D eigenvalue weighted by Gasteiger charge is 2.30. The van der Waals surface area contributed by atoms with Crippen molar-refractivity contribution in [3.63, 3.8) is 0 Å². The van der Waals surface area contributed by atoms with Gasteiger partial charge in [0.1, 0.15) is 11.4 Å². The molecule has 2 aromatic rings. The Labute approximate surface area is 176 Å². The molecule has 0 aliphatic carbocycles. The van der Waals surface area contributed by atoms with Crippen LogP contribution in [0.3, 0.4) is 0 Å². The summed E-state index contributed by atoms with van der Waals surface area (Å²) in [7, 11) is -3.64. The number of aryl methyl sites for hydroxylation is 2. The first-order valence-electron chi connectivity index (χ1n) is 9.97. The van der Waals surface area contributed by atoms with Crippen LogP contribution in [-0.2, 0) is 10.0 Å². The highest BCUT2D eigenvalue weighted by molar-refractivity contribution is 7.89. The molecule has 0 radical (unpaired) electrons. The Balaban J connectivity index is 1.67. The molecule has 1 fully saturated rings. The molecule has 1 aliphatic rings. The standard InChI is InChI=1S/C20H28N4O5S/c1-4-17(13-25)23-9-11-24(12-10-23)30(27,28)18-7-5-16(6-8-18)20(26)21-19-14(2)22-29-15(19)3/h5-8,17,25H,4,9-13H2,1-3H3,(H,21,26). The number of aliphatic hydroxyl groups excluding tert-OH is 1. The number of nitrogens with one attached hydrogen (secondary N) is 1. The Bertz CT molecular complexity index is 956. The number of benzene rings is 1. The van der Waals surface area contributed by atoms with E-state index in [1.54, 1.807) is 13.8 Å².